The van der Waals surface area contributed by atoms with Crippen LogP contribution in [0.3, 0.4) is 0 Å². The van der Waals surface area contributed by atoms with Crippen LogP contribution in [0, 0.1) is 29.6 Å². The zero-order valence-corrected chi connectivity index (χ0v) is 9.78. The van der Waals surface area contributed by atoms with Crippen molar-refractivity contribution >= 4 is 5.91 Å². The van der Waals surface area contributed by atoms with Crippen molar-refractivity contribution in [1.82, 2.24) is 4.90 Å². The number of nitrogens with zero attached hydrogens (tertiary/aromatic N) is 1. The van der Waals surface area contributed by atoms with Crippen molar-refractivity contribution in [3.63, 3.8) is 0 Å². The summed E-state index contributed by atoms with van der Waals surface area (Å²) in [4.78, 5) is 14.1. The zero-order valence-electron chi connectivity index (χ0n) is 9.78. The number of amides is 1. The van der Waals surface area contributed by atoms with E-state index in [9.17, 15) is 4.79 Å². The third kappa shape index (κ3) is 1.79. The minimum Gasteiger partial charge on any atom is -0.345 e. The number of carbonyl (C=O) groups is 1. The summed E-state index contributed by atoms with van der Waals surface area (Å²) < 4.78 is 0. The van der Waals surface area contributed by atoms with E-state index in [1.165, 1.54) is 25.7 Å². The molecule has 0 aromatic heterocycles. The molecule has 15 heavy (non-hydrogen) atoms. The average molecular weight is 207 g/mol. The second-order valence-corrected chi connectivity index (χ2v) is 6.12. The Morgan fingerprint density at radius 2 is 1.80 bits per heavy atom. The van der Waals surface area contributed by atoms with Crippen molar-refractivity contribution in [2.24, 2.45) is 29.6 Å². The number of hydrogen-bond acceptors (Lipinski definition) is 1. The summed E-state index contributed by atoms with van der Waals surface area (Å²) in [6.07, 6.45) is 5.11. The van der Waals surface area contributed by atoms with Crippen molar-refractivity contribution in [3.8, 4) is 0 Å². The molecule has 2 heteroatoms. The second kappa shape index (κ2) is 3.23. The van der Waals surface area contributed by atoms with E-state index in [4.69, 9.17) is 0 Å². The molecule has 0 saturated heterocycles. The third-order valence-corrected chi connectivity index (χ3v) is 4.75. The predicted molar refractivity (Wildman–Crippen MR) is 59.2 cm³/mol. The highest BCUT2D eigenvalue weighted by atomic mass is 16.2. The lowest BCUT2D eigenvalue weighted by Crippen LogP contribution is -2.34. The summed E-state index contributed by atoms with van der Waals surface area (Å²) in [5, 5.41) is 0. The fourth-order valence-electron chi connectivity index (χ4n) is 3.32. The van der Waals surface area contributed by atoms with Gasteiger partial charge in [0.25, 0.3) is 0 Å². The number of rotatable bonds is 3. The van der Waals surface area contributed by atoms with Crippen LogP contribution in [0.25, 0.3) is 0 Å². The Morgan fingerprint density at radius 1 is 1.20 bits per heavy atom. The van der Waals surface area contributed by atoms with Crippen LogP contribution >= 0.6 is 0 Å². The van der Waals surface area contributed by atoms with Gasteiger partial charge >= 0.3 is 0 Å². The molecule has 0 aromatic carbocycles. The van der Waals surface area contributed by atoms with Gasteiger partial charge in [0.15, 0.2) is 0 Å². The van der Waals surface area contributed by atoms with E-state index >= 15 is 0 Å². The molecule has 0 radical (unpaired) electrons. The molecule has 3 aliphatic carbocycles. The molecular formula is C13H21NO. The van der Waals surface area contributed by atoms with Crippen LogP contribution in [0.4, 0.5) is 0 Å². The molecule has 4 unspecified atom stereocenters. The van der Waals surface area contributed by atoms with Gasteiger partial charge < -0.3 is 4.90 Å². The van der Waals surface area contributed by atoms with Crippen molar-refractivity contribution in [2.45, 2.75) is 32.6 Å². The van der Waals surface area contributed by atoms with Gasteiger partial charge in [0.2, 0.25) is 5.91 Å². The van der Waals surface area contributed by atoms with E-state index in [-0.39, 0.29) is 0 Å². The highest BCUT2D eigenvalue weighted by molar-refractivity contribution is 5.79. The first kappa shape index (κ1) is 9.68. The fraction of sp³-hybridized carbons (Fsp3) is 0.923. The Bertz CT molecular complexity index is 278. The molecule has 0 heterocycles. The van der Waals surface area contributed by atoms with E-state index in [0.29, 0.717) is 11.8 Å². The van der Waals surface area contributed by atoms with Gasteiger partial charge in [-0.1, -0.05) is 6.92 Å². The Kier molecular flexibility index (Phi) is 2.08. The quantitative estimate of drug-likeness (QED) is 0.694. The van der Waals surface area contributed by atoms with Crippen LogP contribution in [0.2, 0.25) is 0 Å². The fourth-order valence-corrected chi connectivity index (χ4v) is 3.32. The largest absolute Gasteiger partial charge is 0.345 e. The average Bonchev–Trinajstić information content (AvgIpc) is 3.07. The van der Waals surface area contributed by atoms with Crippen LogP contribution < -0.4 is 0 Å². The highest BCUT2D eigenvalue weighted by Gasteiger charge is 2.48. The summed E-state index contributed by atoms with van der Waals surface area (Å²) in [5.41, 5.74) is 0. The summed E-state index contributed by atoms with van der Waals surface area (Å²) in [6, 6.07) is 0. The normalized spacial score (nSPS) is 46.1. The molecule has 0 aromatic rings. The molecule has 4 atom stereocenters. The molecular weight excluding hydrogens is 186 g/mol. The van der Waals surface area contributed by atoms with Crippen LogP contribution in [0.1, 0.15) is 32.6 Å². The highest BCUT2D eigenvalue weighted by Crippen LogP contribution is 2.54. The van der Waals surface area contributed by atoms with Crippen molar-refractivity contribution < 1.29 is 4.79 Å². The summed E-state index contributed by atoms with van der Waals surface area (Å²) >= 11 is 0. The topological polar surface area (TPSA) is 20.3 Å². The van der Waals surface area contributed by atoms with E-state index in [0.717, 1.165) is 30.2 Å². The molecule has 0 N–H and O–H groups in total. The smallest absolute Gasteiger partial charge is 0.225 e. The van der Waals surface area contributed by atoms with Gasteiger partial charge in [-0.2, -0.15) is 0 Å². The number of fused-ring (bicyclic) bond motifs is 1. The standard InChI is InChI=1S/C13H21NO/c1-8-3-12(8)7-14(2)13(15)11-5-9-4-10(9)6-11/h8-12H,3-7H2,1-2H3. The third-order valence-electron chi connectivity index (χ3n) is 4.75. The van der Waals surface area contributed by atoms with Gasteiger partial charge in [-0.3, -0.25) is 4.79 Å². The van der Waals surface area contributed by atoms with Gasteiger partial charge in [-0.05, 0) is 49.4 Å². The lowest BCUT2D eigenvalue weighted by atomic mass is 10.0. The summed E-state index contributed by atoms with van der Waals surface area (Å²) in [5.74, 6) is 4.32. The number of hydrogen-bond donors (Lipinski definition) is 0. The van der Waals surface area contributed by atoms with Crippen molar-refractivity contribution in [3.05, 3.63) is 0 Å². The van der Waals surface area contributed by atoms with E-state index < -0.39 is 0 Å². The van der Waals surface area contributed by atoms with E-state index in [1.807, 2.05) is 11.9 Å². The maximum atomic E-state index is 12.1. The minimum atomic E-state index is 0.382. The SMILES string of the molecule is CC1CC1CN(C)C(=O)C1CC2CC2C1. The maximum absolute atomic E-state index is 12.1. The van der Waals surface area contributed by atoms with Gasteiger partial charge in [-0.25, -0.2) is 0 Å². The molecule has 3 fully saturated rings. The first-order valence-corrected chi connectivity index (χ1v) is 6.40. The monoisotopic (exact) mass is 207 g/mol. The Balaban J connectivity index is 1.50. The van der Waals surface area contributed by atoms with Crippen molar-refractivity contribution in [2.75, 3.05) is 13.6 Å². The Labute approximate surface area is 92.0 Å². The Morgan fingerprint density at radius 3 is 2.33 bits per heavy atom. The molecule has 3 aliphatic rings. The first-order valence-electron chi connectivity index (χ1n) is 6.40. The minimum absolute atomic E-state index is 0.382. The zero-order chi connectivity index (χ0) is 10.6. The van der Waals surface area contributed by atoms with Gasteiger partial charge in [-0.15, -0.1) is 0 Å². The van der Waals surface area contributed by atoms with Crippen LogP contribution in [-0.4, -0.2) is 24.4 Å². The molecule has 3 saturated carbocycles. The Hall–Kier alpha value is -0.530. The van der Waals surface area contributed by atoms with Crippen LogP contribution in [0.5, 0.6) is 0 Å². The summed E-state index contributed by atoms with van der Waals surface area (Å²) in [6.45, 7) is 3.29. The predicted octanol–water partition coefficient (Wildman–Crippen LogP) is 2.15. The first-order chi connectivity index (χ1) is 7.15. The van der Waals surface area contributed by atoms with Gasteiger partial charge in [0.05, 0.1) is 0 Å². The van der Waals surface area contributed by atoms with Gasteiger partial charge in [0.1, 0.15) is 0 Å². The molecule has 2 nitrogen and oxygen atoms in total. The second-order valence-electron chi connectivity index (χ2n) is 6.12. The van der Waals surface area contributed by atoms with Crippen LogP contribution in [-0.2, 0) is 4.79 Å². The molecule has 3 rings (SSSR count). The number of carbonyl (C=O) groups excluding carboxylic acids is 1. The van der Waals surface area contributed by atoms with Gasteiger partial charge in [0, 0.05) is 19.5 Å². The lowest BCUT2D eigenvalue weighted by molar-refractivity contribution is -0.134. The molecule has 0 bridgehead atoms. The lowest BCUT2D eigenvalue weighted by Gasteiger charge is -2.21. The van der Waals surface area contributed by atoms with Crippen molar-refractivity contribution in [1.29, 1.82) is 0 Å². The van der Waals surface area contributed by atoms with E-state index in [2.05, 4.69) is 6.92 Å². The van der Waals surface area contributed by atoms with E-state index in [1.54, 1.807) is 0 Å². The summed E-state index contributed by atoms with van der Waals surface area (Å²) in [7, 11) is 2.00. The molecule has 0 spiro atoms. The molecule has 1 amide bonds. The van der Waals surface area contributed by atoms with Crippen LogP contribution in [0.15, 0.2) is 0 Å². The maximum Gasteiger partial charge on any atom is 0.225 e. The molecule has 0 aliphatic heterocycles. The molecule has 84 valence electrons.